The molecule has 0 bridgehead atoms. The van der Waals surface area contributed by atoms with Crippen molar-refractivity contribution in [3.05, 3.63) is 83.4 Å². The summed E-state index contributed by atoms with van der Waals surface area (Å²) in [4.78, 5) is 2.36. The van der Waals surface area contributed by atoms with Crippen molar-refractivity contribution in [2.75, 3.05) is 51.4 Å². The molecule has 7 nitrogen and oxygen atoms in total. The fraction of sp³-hybridized carbons (Fsp3) is 0.455. The third-order valence-corrected chi connectivity index (χ3v) is 7.78. The Balaban J connectivity index is 1.24. The molecule has 0 saturated carbocycles. The predicted molar refractivity (Wildman–Crippen MR) is 158 cm³/mol. The fourth-order valence-electron chi connectivity index (χ4n) is 5.53. The molecule has 214 valence electrons. The Morgan fingerprint density at radius 2 is 1.75 bits per heavy atom. The van der Waals surface area contributed by atoms with Gasteiger partial charge >= 0.3 is 0 Å². The van der Waals surface area contributed by atoms with Crippen LogP contribution in [0.2, 0.25) is 0 Å². The van der Waals surface area contributed by atoms with Gasteiger partial charge in [0.1, 0.15) is 23.9 Å². The average Bonchev–Trinajstić information content (AvgIpc) is 2.97. The van der Waals surface area contributed by atoms with E-state index in [0.717, 1.165) is 60.2 Å². The molecule has 2 N–H and O–H groups in total. The minimum atomic E-state index is -0.540. The molecule has 5 rings (SSSR count). The van der Waals surface area contributed by atoms with Gasteiger partial charge in [0.15, 0.2) is 0 Å². The van der Waals surface area contributed by atoms with E-state index in [1.54, 1.807) is 7.11 Å². The highest BCUT2D eigenvalue weighted by Gasteiger charge is 2.34. The Hall–Kier alpha value is -3.10. The first kappa shape index (κ1) is 28.4. The van der Waals surface area contributed by atoms with E-state index in [1.807, 2.05) is 42.5 Å². The van der Waals surface area contributed by atoms with Gasteiger partial charge in [0.25, 0.3) is 0 Å². The number of rotatable bonds is 11. The molecule has 0 amide bonds. The Morgan fingerprint density at radius 1 is 1.00 bits per heavy atom. The quantitative estimate of drug-likeness (QED) is 0.309. The molecule has 0 aliphatic carbocycles. The average molecular weight is 547 g/mol. The highest BCUT2D eigenvalue weighted by molar-refractivity contribution is 5.61. The van der Waals surface area contributed by atoms with Gasteiger partial charge < -0.3 is 34.3 Å². The lowest BCUT2D eigenvalue weighted by molar-refractivity contribution is -0.0328. The van der Waals surface area contributed by atoms with Crippen LogP contribution in [0.15, 0.2) is 66.7 Å². The molecule has 1 fully saturated rings. The Labute approximate surface area is 238 Å². The van der Waals surface area contributed by atoms with E-state index in [9.17, 15) is 5.11 Å². The van der Waals surface area contributed by atoms with Crippen LogP contribution in [-0.4, -0.2) is 63.8 Å². The lowest BCUT2D eigenvalue weighted by atomic mass is 9.85. The zero-order chi connectivity index (χ0) is 27.9. The number of piperidine rings is 1. The standard InChI is InChI=1S/C33H42N2O5/c1-23(2)25-6-10-27(11-7-25)40-28-12-8-26(9-13-28)33-30(36)20-34-21-32(33)39-22-24-5-14-31-29(19-24)35(16-18-38-31)15-4-17-37-3/h5-14,19,23,30,32-34,36H,4,15-18,20-22H2,1-3H3/t30-,32+,33+/m1/s1. The molecule has 1 saturated heterocycles. The zero-order valence-electron chi connectivity index (χ0n) is 23.8. The van der Waals surface area contributed by atoms with Gasteiger partial charge in [-0.25, -0.2) is 0 Å². The molecule has 0 unspecified atom stereocenters. The second kappa shape index (κ2) is 13.5. The number of methoxy groups -OCH3 is 1. The Bertz CT molecular complexity index is 1210. The maximum atomic E-state index is 11.0. The number of benzene rings is 3. The molecule has 0 aromatic heterocycles. The lowest BCUT2D eigenvalue weighted by Crippen LogP contribution is -2.49. The molecule has 2 aliphatic heterocycles. The minimum absolute atomic E-state index is 0.132. The van der Waals surface area contributed by atoms with E-state index in [2.05, 4.69) is 48.3 Å². The molecular weight excluding hydrogens is 504 g/mol. The van der Waals surface area contributed by atoms with Gasteiger partial charge in [-0.1, -0.05) is 44.2 Å². The highest BCUT2D eigenvalue weighted by atomic mass is 16.5. The first-order valence-electron chi connectivity index (χ1n) is 14.4. The molecule has 2 aliphatic rings. The maximum Gasteiger partial charge on any atom is 0.142 e. The van der Waals surface area contributed by atoms with E-state index in [1.165, 1.54) is 5.56 Å². The topological polar surface area (TPSA) is 72.4 Å². The number of nitrogens with zero attached hydrogens (tertiary/aromatic N) is 1. The van der Waals surface area contributed by atoms with Gasteiger partial charge in [0.05, 0.1) is 31.0 Å². The summed E-state index contributed by atoms with van der Waals surface area (Å²) in [6.45, 7) is 9.27. The van der Waals surface area contributed by atoms with Crippen LogP contribution in [0.1, 0.15) is 48.8 Å². The summed E-state index contributed by atoms with van der Waals surface area (Å²) >= 11 is 0. The molecular formula is C33H42N2O5. The number of anilines is 1. The molecule has 40 heavy (non-hydrogen) atoms. The van der Waals surface area contributed by atoms with Gasteiger partial charge in [-0.05, 0) is 65.4 Å². The normalized spacial score (nSPS) is 20.7. The highest BCUT2D eigenvalue weighted by Crippen LogP contribution is 2.35. The van der Waals surface area contributed by atoms with Gasteiger partial charge in [-0.2, -0.15) is 0 Å². The summed E-state index contributed by atoms with van der Waals surface area (Å²) in [5, 5.41) is 14.3. The van der Waals surface area contributed by atoms with Crippen molar-refractivity contribution in [2.24, 2.45) is 0 Å². The first-order valence-corrected chi connectivity index (χ1v) is 14.4. The summed E-state index contributed by atoms with van der Waals surface area (Å²) in [5.74, 6) is 2.86. The van der Waals surface area contributed by atoms with E-state index in [-0.39, 0.29) is 12.0 Å². The summed E-state index contributed by atoms with van der Waals surface area (Å²) < 4.78 is 23.7. The smallest absolute Gasteiger partial charge is 0.142 e. The largest absolute Gasteiger partial charge is 0.490 e. The summed E-state index contributed by atoms with van der Waals surface area (Å²) in [6, 6.07) is 22.5. The molecule has 3 aromatic carbocycles. The van der Waals surface area contributed by atoms with Crippen LogP contribution in [0.4, 0.5) is 5.69 Å². The third kappa shape index (κ3) is 6.96. The van der Waals surface area contributed by atoms with Crippen LogP contribution in [0.3, 0.4) is 0 Å². The number of aliphatic hydroxyl groups excluding tert-OH is 1. The van der Waals surface area contributed by atoms with Gasteiger partial charge in [-0.15, -0.1) is 0 Å². The minimum Gasteiger partial charge on any atom is -0.490 e. The maximum absolute atomic E-state index is 11.0. The van der Waals surface area contributed by atoms with Gasteiger partial charge in [0, 0.05) is 39.3 Å². The van der Waals surface area contributed by atoms with Gasteiger partial charge in [-0.3, -0.25) is 0 Å². The molecule has 7 heteroatoms. The van der Waals surface area contributed by atoms with Crippen LogP contribution >= 0.6 is 0 Å². The van der Waals surface area contributed by atoms with Crippen LogP contribution < -0.4 is 19.7 Å². The SMILES string of the molecule is COCCCN1CCOc2ccc(CO[C@H]3CNC[C@@H](O)[C@@H]3c3ccc(Oc4ccc(C(C)C)cc4)cc3)cc21. The van der Waals surface area contributed by atoms with E-state index in [4.69, 9.17) is 18.9 Å². The molecule has 3 atom stereocenters. The Morgan fingerprint density at radius 3 is 2.48 bits per heavy atom. The second-order valence-corrected chi connectivity index (χ2v) is 11.0. The molecule has 3 aromatic rings. The van der Waals surface area contributed by atoms with E-state index in [0.29, 0.717) is 32.2 Å². The fourth-order valence-corrected chi connectivity index (χ4v) is 5.53. The summed E-state index contributed by atoms with van der Waals surface area (Å²) in [7, 11) is 1.74. The number of nitrogens with one attached hydrogen (secondary N) is 1. The van der Waals surface area contributed by atoms with Crippen LogP contribution in [0.5, 0.6) is 17.2 Å². The zero-order valence-corrected chi connectivity index (χ0v) is 23.8. The summed E-state index contributed by atoms with van der Waals surface area (Å²) in [5.41, 5.74) is 4.53. The van der Waals surface area contributed by atoms with Crippen molar-refractivity contribution in [1.29, 1.82) is 0 Å². The first-order chi connectivity index (χ1) is 19.5. The van der Waals surface area contributed by atoms with Crippen molar-refractivity contribution in [3.8, 4) is 17.2 Å². The van der Waals surface area contributed by atoms with Crippen LogP contribution in [-0.2, 0) is 16.1 Å². The third-order valence-electron chi connectivity index (χ3n) is 7.78. The van der Waals surface area contributed by atoms with Crippen molar-refractivity contribution < 1.29 is 24.1 Å². The van der Waals surface area contributed by atoms with E-state index < -0.39 is 6.10 Å². The molecule has 0 radical (unpaired) electrons. The predicted octanol–water partition coefficient (Wildman–Crippen LogP) is 5.47. The van der Waals surface area contributed by atoms with E-state index >= 15 is 0 Å². The second-order valence-electron chi connectivity index (χ2n) is 11.0. The number of hydrogen-bond donors (Lipinski definition) is 2. The lowest BCUT2D eigenvalue weighted by Gasteiger charge is -2.36. The Kier molecular flexibility index (Phi) is 9.60. The number of aliphatic hydroxyl groups is 1. The molecule has 2 heterocycles. The van der Waals surface area contributed by atoms with Crippen molar-refractivity contribution >= 4 is 5.69 Å². The number of ether oxygens (including phenoxy) is 4. The van der Waals surface area contributed by atoms with Crippen LogP contribution in [0.25, 0.3) is 0 Å². The number of fused-ring (bicyclic) bond motifs is 1. The van der Waals surface area contributed by atoms with Crippen molar-refractivity contribution in [1.82, 2.24) is 5.32 Å². The monoisotopic (exact) mass is 546 g/mol. The number of hydrogen-bond acceptors (Lipinski definition) is 7. The number of β-amino-alcohol motifs (C(OH)–C–C–N with tert-alkyl or cyclic N) is 1. The summed E-state index contributed by atoms with van der Waals surface area (Å²) in [6.07, 6.45) is 0.268. The van der Waals surface area contributed by atoms with Crippen molar-refractivity contribution in [2.45, 2.75) is 50.9 Å². The van der Waals surface area contributed by atoms with Gasteiger partial charge in [0.2, 0.25) is 0 Å². The molecule has 0 spiro atoms. The van der Waals surface area contributed by atoms with Crippen molar-refractivity contribution in [3.63, 3.8) is 0 Å². The van der Waals surface area contributed by atoms with Crippen LogP contribution in [0, 0.1) is 0 Å².